The van der Waals surface area contributed by atoms with E-state index in [1.54, 1.807) is 6.92 Å². The molecule has 3 N–H and O–H groups in total. The van der Waals surface area contributed by atoms with Crippen molar-refractivity contribution < 1.29 is 23.9 Å². The smallest absolute Gasteiger partial charge is 0.407 e. The minimum Gasteiger partial charge on any atom is -0.450 e. The molecule has 0 bridgehead atoms. The fraction of sp³-hybridized carbons (Fsp3) is 0.600. The number of carbonyl (C=O) groups is 4. The Morgan fingerprint density at radius 1 is 1.46 bits per heavy atom. The Morgan fingerprint density at radius 3 is 2.67 bits per heavy atom. The van der Waals surface area contributed by atoms with E-state index in [4.69, 9.17) is 10.5 Å². The minimum absolute atomic E-state index is 0.0789. The molecule has 1 heterocycles. The van der Waals surface area contributed by atoms with Crippen molar-refractivity contribution in [2.24, 2.45) is 5.73 Å². The van der Waals surface area contributed by atoms with E-state index in [2.05, 4.69) is 11.9 Å². The Morgan fingerprint density at radius 2 is 2.12 bits per heavy atom. The van der Waals surface area contributed by atoms with E-state index in [1.807, 2.05) is 0 Å². The van der Waals surface area contributed by atoms with Gasteiger partial charge in [-0.25, -0.2) is 4.79 Å². The van der Waals surface area contributed by atoms with Crippen LogP contribution in [0.3, 0.4) is 0 Å². The zero-order valence-corrected chi connectivity index (χ0v) is 14.0. The third-order valence-corrected chi connectivity index (χ3v) is 3.74. The summed E-state index contributed by atoms with van der Waals surface area (Å²) in [7, 11) is 1.48. The Kier molecular flexibility index (Phi) is 7.22. The number of likely N-dealkylation sites (tertiary alicyclic amines) is 1. The molecule has 0 aliphatic carbocycles. The van der Waals surface area contributed by atoms with Crippen LogP contribution in [0.2, 0.25) is 0 Å². The van der Waals surface area contributed by atoms with Gasteiger partial charge in [0.05, 0.1) is 13.2 Å². The van der Waals surface area contributed by atoms with Crippen LogP contribution in [0.5, 0.6) is 0 Å². The molecule has 2 atom stereocenters. The second-order valence-electron chi connectivity index (χ2n) is 5.43. The van der Waals surface area contributed by atoms with E-state index >= 15 is 0 Å². The van der Waals surface area contributed by atoms with Gasteiger partial charge in [0.15, 0.2) is 0 Å². The van der Waals surface area contributed by atoms with Crippen LogP contribution < -0.4 is 11.1 Å². The molecule has 134 valence electrons. The summed E-state index contributed by atoms with van der Waals surface area (Å²) in [4.78, 5) is 50.1. The molecule has 1 rings (SSSR count). The van der Waals surface area contributed by atoms with Gasteiger partial charge < -0.3 is 25.6 Å². The Balaban J connectivity index is 2.91. The molecule has 0 saturated carbocycles. The lowest BCUT2D eigenvalue weighted by molar-refractivity contribution is -0.139. The SMILES string of the molecule is C=CC(=O)N(C)C[C@H](NC(=O)OCC)C(=O)N1CCC[C@H]1C(N)=O. The fourth-order valence-corrected chi connectivity index (χ4v) is 2.55. The molecule has 4 amide bonds. The maximum atomic E-state index is 12.7. The van der Waals surface area contributed by atoms with Crippen molar-refractivity contribution in [3.05, 3.63) is 12.7 Å². The van der Waals surface area contributed by atoms with Gasteiger partial charge in [-0.1, -0.05) is 6.58 Å². The van der Waals surface area contributed by atoms with Gasteiger partial charge in [-0.3, -0.25) is 14.4 Å². The van der Waals surface area contributed by atoms with Crippen molar-refractivity contribution in [1.82, 2.24) is 15.1 Å². The van der Waals surface area contributed by atoms with E-state index in [-0.39, 0.29) is 13.2 Å². The Bertz CT molecular complexity index is 522. The maximum absolute atomic E-state index is 12.7. The molecule has 9 nitrogen and oxygen atoms in total. The first-order valence-electron chi connectivity index (χ1n) is 7.72. The molecule has 0 aromatic carbocycles. The average Bonchev–Trinajstić information content (AvgIpc) is 3.02. The van der Waals surface area contributed by atoms with Crippen LogP contribution in [-0.2, 0) is 19.1 Å². The second-order valence-corrected chi connectivity index (χ2v) is 5.43. The van der Waals surface area contributed by atoms with Crippen LogP contribution in [0, 0.1) is 0 Å². The largest absolute Gasteiger partial charge is 0.450 e. The summed E-state index contributed by atoms with van der Waals surface area (Å²) in [6.45, 7) is 5.44. The summed E-state index contributed by atoms with van der Waals surface area (Å²) < 4.78 is 4.79. The molecule has 0 radical (unpaired) electrons. The molecule has 1 aliphatic heterocycles. The lowest BCUT2D eigenvalue weighted by Gasteiger charge is -2.29. The molecule has 1 aliphatic rings. The summed E-state index contributed by atoms with van der Waals surface area (Å²) in [5, 5.41) is 2.43. The number of nitrogens with two attached hydrogens (primary N) is 1. The number of rotatable bonds is 7. The molecule has 0 aromatic heterocycles. The van der Waals surface area contributed by atoms with Gasteiger partial charge in [0, 0.05) is 13.6 Å². The monoisotopic (exact) mass is 340 g/mol. The zero-order chi connectivity index (χ0) is 18.3. The van der Waals surface area contributed by atoms with Crippen LogP contribution in [0.25, 0.3) is 0 Å². The highest BCUT2D eigenvalue weighted by Gasteiger charge is 2.37. The van der Waals surface area contributed by atoms with E-state index in [1.165, 1.54) is 16.8 Å². The third-order valence-electron chi connectivity index (χ3n) is 3.74. The number of ether oxygens (including phenoxy) is 1. The maximum Gasteiger partial charge on any atom is 0.407 e. The lowest BCUT2D eigenvalue weighted by Crippen LogP contribution is -2.56. The summed E-state index contributed by atoms with van der Waals surface area (Å²) in [6.07, 6.45) is 1.46. The van der Waals surface area contributed by atoms with Gasteiger partial charge in [-0.05, 0) is 25.8 Å². The molecule has 0 unspecified atom stereocenters. The molecule has 0 aromatic rings. The van der Waals surface area contributed by atoms with Crippen LogP contribution >= 0.6 is 0 Å². The first-order chi connectivity index (χ1) is 11.3. The van der Waals surface area contributed by atoms with Gasteiger partial charge >= 0.3 is 6.09 Å². The quantitative estimate of drug-likeness (QED) is 0.589. The Hall–Kier alpha value is -2.58. The van der Waals surface area contributed by atoms with Crippen molar-refractivity contribution >= 4 is 23.8 Å². The van der Waals surface area contributed by atoms with Gasteiger partial charge in [0.2, 0.25) is 17.7 Å². The zero-order valence-electron chi connectivity index (χ0n) is 14.0. The van der Waals surface area contributed by atoms with Gasteiger partial charge in [-0.2, -0.15) is 0 Å². The highest BCUT2D eigenvalue weighted by molar-refractivity contribution is 5.92. The predicted octanol–water partition coefficient (Wildman–Crippen LogP) is -0.778. The van der Waals surface area contributed by atoms with Gasteiger partial charge in [0.25, 0.3) is 0 Å². The van der Waals surface area contributed by atoms with Crippen molar-refractivity contribution in [2.45, 2.75) is 31.8 Å². The number of nitrogens with one attached hydrogen (secondary N) is 1. The topological polar surface area (TPSA) is 122 Å². The number of likely N-dealkylation sites (N-methyl/N-ethyl adjacent to an activating group) is 1. The number of primary amides is 1. The van der Waals surface area contributed by atoms with Crippen LogP contribution in [0.4, 0.5) is 4.79 Å². The fourth-order valence-electron chi connectivity index (χ4n) is 2.55. The number of amides is 4. The first kappa shape index (κ1) is 19.5. The van der Waals surface area contributed by atoms with Crippen molar-refractivity contribution in [3.8, 4) is 0 Å². The normalized spacial score (nSPS) is 17.8. The van der Waals surface area contributed by atoms with E-state index in [0.29, 0.717) is 19.4 Å². The predicted molar refractivity (Wildman–Crippen MR) is 85.7 cm³/mol. The minimum atomic E-state index is -1.04. The average molecular weight is 340 g/mol. The molecular formula is C15H24N4O5. The number of alkyl carbamates (subject to hydrolysis) is 1. The Labute approximate surface area is 140 Å². The van der Waals surface area contributed by atoms with Crippen molar-refractivity contribution in [3.63, 3.8) is 0 Å². The standard InChI is InChI=1S/C15H24N4O5/c1-4-12(20)18(3)9-10(17-15(23)24-5-2)14(22)19-8-6-7-11(19)13(16)21/h4,10-11H,1,5-9H2,2-3H3,(H2,16,21)(H,17,23)/t10-,11-/m0/s1. The second kappa shape index (κ2) is 8.90. The third kappa shape index (κ3) is 4.97. The number of nitrogens with zero attached hydrogens (tertiary/aromatic N) is 2. The van der Waals surface area contributed by atoms with Crippen LogP contribution in [0.1, 0.15) is 19.8 Å². The summed E-state index contributed by atoms with van der Waals surface area (Å²) in [5.74, 6) is -1.47. The molecule has 24 heavy (non-hydrogen) atoms. The highest BCUT2D eigenvalue weighted by Crippen LogP contribution is 2.18. The van der Waals surface area contributed by atoms with Gasteiger partial charge in [0.1, 0.15) is 12.1 Å². The van der Waals surface area contributed by atoms with Crippen molar-refractivity contribution in [1.29, 1.82) is 0 Å². The highest BCUT2D eigenvalue weighted by atomic mass is 16.5. The summed E-state index contributed by atoms with van der Waals surface area (Å²) in [6, 6.07) is -1.75. The molecule has 1 saturated heterocycles. The molecule has 0 spiro atoms. The number of hydrogen-bond donors (Lipinski definition) is 2. The van der Waals surface area contributed by atoms with Gasteiger partial charge in [-0.15, -0.1) is 0 Å². The van der Waals surface area contributed by atoms with E-state index in [9.17, 15) is 19.2 Å². The molecule has 1 fully saturated rings. The van der Waals surface area contributed by atoms with Crippen molar-refractivity contribution in [2.75, 3.05) is 26.7 Å². The molecule has 9 heteroatoms. The van der Waals surface area contributed by atoms with E-state index < -0.39 is 35.9 Å². The number of carbonyl (C=O) groups excluding carboxylic acids is 4. The van der Waals surface area contributed by atoms with E-state index in [0.717, 1.165) is 6.08 Å². The van der Waals surface area contributed by atoms with Crippen LogP contribution in [0.15, 0.2) is 12.7 Å². The lowest BCUT2D eigenvalue weighted by atomic mass is 10.2. The number of hydrogen-bond acceptors (Lipinski definition) is 5. The first-order valence-corrected chi connectivity index (χ1v) is 7.72. The summed E-state index contributed by atoms with van der Waals surface area (Å²) in [5.41, 5.74) is 5.32. The molecular weight excluding hydrogens is 316 g/mol. The summed E-state index contributed by atoms with van der Waals surface area (Å²) >= 11 is 0. The van der Waals surface area contributed by atoms with Crippen LogP contribution in [-0.4, -0.2) is 72.4 Å².